The number of hydrogen-bond acceptors (Lipinski definition) is 3. The number of rotatable bonds is 2. The molecule has 1 saturated heterocycles. The summed E-state index contributed by atoms with van der Waals surface area (Å²) in [5.74, 6) is 0.0170. The molecule has 2 rings (SSSR count). The number of hydrogen-bond donors (Lipinski definition) is 1. The van der Waals surface area contributed by atoms with E-state index in [1.54, 1.807) is 12.1 Å². The van der Waals surface area contributed by atoms with Crippen LogP contribution in [0.3, 0.4) is 0 Å². The molecule has 1 fully saturated rings. The molecule has 1 heterocycles. The third-order valence-corrected chi connectivity index (χ3v) is 2.97. The predicted molar refractivity (Wildman–Crippen MR) is 54.9 cm³/mol. The Hall–Kier alpha value is -1.29. The van der Waals surface area contributed by atoms with E-state index >= 15 is 0 Å². The molecule has 3 nitrogen and oxygen atoms in total. The first-order valence-corrected chi connectivity index (χ1v) is 5.19. The summed E-state index contributed by atoms with van der Waals surface area (Å²) in [6.45, 7) is 0. The van der Waals surface area contributed by atoms with Crippen LogP contribution in [0.25, 0.3) is 0 Å². The fourth-order valence-electron chi connectivity index (χ4n) is 1.17. The zero-order valence-electron chi connectivity index (χ0n) is 7.40. The van der Waals surface area contributed by atoms with Gasteiger partial charge in [-0.2, -0.15) is 0 Å². The lowest BCUT2D eigenvalue weighted by Crippen LogP contribution is -2.46. The van der Waals surface area contributed by atoms with Crippen molar-refractivity contribution < 1.29 is 9.59 Å². The first-order valence-electron chi connectivity index (χ1n) is 4.31. The van der Waals surface area contributed by atoms with Gasteiger partial charge in [-0.25, -0.2) is 0 Å². The Morgan fingerprint density at radius 2 is 2.00 bits per heavy atom. The van der Waals surface area contributed by atoms with E-state index in [1.807, 2.05) is 18.2 Å². The molecule has 0 aliphatic carbocycles. The minimum atomic E-state index is -0.0322. The van der Waals surface area contributed by atoms with Gasteiger partial charge in [0.25, 0.3) is 0 Å². The third-order valence-electron chi connectivity index (χ3n) is 1.95. The van der Waals surface area contributed by atoms with Crippen molar-refractivity contribution in [2.75, 3.05) is 0 Å². The smallest absolute Gasteiger partial charge is 0.223 e. The molecule has 1 atom stereocenters. The van der Waals surface area contributed by atoms with Crippen LogP contribution in [-0.4, -0.2) is 16.4 Å². The Balaban J connectivity index is 1.93. The summed E-state index contributed by atoms with van der Waals surface area (Å²) in [6, 6.07) is 9.07. The van der Waals surface area contributed by atoms with E-state index in [-0.39, 0.29) is 16.4 Å². The van der Waals surface area contributed by atoms with E-state index in [4.69, 9.17) is 0 Å². The minimum Gasteiger partial charge on any atom is -0.343 e. The van der Waals surface area contributed by atoms with Gasteiger partial charge in [0.05, 0.1) is 11.8 Å². The number of β-lactam (4-membered cyclic amide) rings is 1. The third kappa shape index (κ3) is 1.96. The molecule has 1 aromatic rings. The van der Waals surface area contributed by atoms with Gasteiger partial charge in [0.2, 0.25) is 11.0 Å². The van der Waals surface area contributed by atoms with Gasteiger partial charge in [-0.3, -0.25) is 9.59 Å². The molecule has 1 amide bonds. The first-order chi connectivity index (χ1) is 6.75. The highest BCUT2D eigenvalue weighted by atomic mass is 32.2. The van der Waals surface area contributed by atoms with Crippen molar-refractivity contribution in [1.82, 2.24) is 5.32 Å². The van der Waals surface area contributed by atoms with Gasteiger partial charge in [-0.1, -0.05) is 42.1 Å². The maximum Gasteiger partial charge on any atom is 0.223 e. The molecule has 1 N–H and O–H groups in total. The Morgan fingerprint density at radius 1 is 1.36 bits per heavy atom. The van der Waals surface area contributed by atoms with Crippen LogP contribution < -0.4 is 5.32 Å². The van der Waals surface area contributed by atoms with E-state index in [2.05, 4.69) is 5.32 Å². The fourth-order valence-corrected chi connectivity index (χ4v) is 2.13. The summed E-state index contributed by atoms with van der Waals surface area (Å²) in [4.78, 5) is 22.2. The average molecular weight is 207 g/mol. The maximum absolute atomic E-state index is 11.6. The zero-order valence-corrected chi connectivity index (χ0v) is 8.21. The molecule has 0 radical (unpaired) electrons. The van der Waals surface area contributed by atoms with Crippen molar-refractivity contribution in [2.24, 2.45) is 0 Å². The molecule has 14 heavy (non-hydrogen) atoms. The van der Waals surface area contributed by atoms with E-state index in [0.29, 0.717) is 12.0 Å². The maximum atomic E-state index is 11.6. The molecule has 1 aliphatic heterocycles. The second-order valence-electron chi connectivity index (χ2n) is 3.03. The summed E-state index contributed by atoms with van der Waals surface area (Å²) in [6.07, 6.45) is 0.448. The van der Waals surface area contributed by atoms with Gasteiger partial charge in [0.1, 0.15) is 0 Å². The second-order valence-corrected chi connectivity index (χ2v) is 4.21. The van der Waals surface area contributed by atoms with Crippen molar-refractivity contribution in [1.29, 1.82) is 0 Å². The number of benzene rings is 1. The molecular formula is C10H9NO2S. The zero-order chi connectivity index (χ0) is 9.97. The fraction of sp³-hybridized carbons (Fsp3) is 0.200. The summed E-state index contributed by atoms with van der Waals surface area (Å²) in [7, 11) is 0. The van der Waals surface area contributed by atoms with Crippen molar-refractivity contribution in [3.05, 3.63) is 35.9 Å². The summed E-state index contributed by atoms with van der Waals surface area (Å²) >= 11 is 1.17. The molecule has 72 valence electrons. The van der Waals surface area contributed by atoms with Crippen molar-refractivity contribution >= 4 is 22.8 Å². The highest BCUT2D eigenvalue weighted by Crippen LogP contribution is 2.22. The van der Waals surface area contributed by atoms with Crippen molar-refractivity contribution in [3.63, 3.8) is 0 Å². The van der Waals surface area contributed by atoms with Crippen LogP contribution in [0.2, 0.25) is 0 Å². The highest BCUT2D eigenvalue weighted by Gasteiger charge is 2.28. The van der Waals surface area contributed by atoms with E-state index in [1.165, 1.54) is 11.8 Å². The number of carbonyl (C=O) groups is 2. The Kier molecular flexibility index (Phi) is 2.54. The molecular weight excluding hydrogens is 198 g/mol. The molecule has 4 heteroatoms. The van der Waals surface area contributed by atoms with E-state index in [9.17, 15) is 9.59 Å². The standard InChI is InChI=1S/C10H9NO2S/c12-8-6-9(11-8)14-10(13)7-4-2-1-3-5-7/h1-5,9H,6H2,(H,11,12)/t9-/m0/s1. The first kappa shape index (κ1) is 9.27. The van der Waals surface area contributed by atoms with Gasteiger partial charge < -0.3 is 5.32 Å². The summed E-state index contributed by atoms with van der Waals surface area (Å²) in [5, 5.41) is 2.62. The normalized spacial score (nSPS) is 19.7. The Morgan fingerprint density at radius 3 is 2.57 bits per heavy atom. The molecule has 0 spiro atoms. The van der Waals surface area contributed by atoms with Crippen LogP contribution in [0.1, 0.15) is 16.8 Å². The van der Waals surface area contributed by atoms with Crippen LogP contribution in [0.5, 0.6) is 0 Å². The van der Waals surface area contributed by atoms with Gasteiger partial charge in [-0.05, 0) is 0 Å². The summed E-state index contributed by atoms with van der Waals surface area (Å²) < 4.78 is 0. The SMILES string of the molecule is O=C1C[C@H](SC(=O)c2ccccc2)N1. The van der Waals surface area contributed by atoms with Gasteiger partial charge in [0, 0.05) is 5.56 Å². The van der Waals surface area contributed by atoms with E-state index in [0.717, 1.165) is 0 Å². The van der Waals surface area contributed by atoms with Crippen molar-refractivity contribution in [3.8, 4) is 0 Å². The minimum absolute atomic E-state index is 0.00981. The van der Waals surface area contributed by atoms with Gasteiger partial charge in [0.15, 0.2) is 0 Å². The average Bonchev–Trinajstić information content (AvgIpc) is 2.17. The van der Waals surface area contributed by atoms with Crippen LogP contribution in [0.15, 0.2) is 30.3 Å². The lowest BCUT2D eigenvalue weighted by atomic mass is 10.2. The topological polar surface area (TPSA) is 46.2 Å². The largest absolute Gasteiger partial charge is 0.343 e. The quantitative estimate of drug-likeness (QED) is 0.746. The van der Waals surface area contributed by atoms with Crippen LogP contribution in [0.4, 0.5) is 0 Å². The summed E-state index contributed by atoms with van der Waals surface area (Å²) in [5.41, 5.74) is 0.679. The number of thioether (sulfide) groups is 1. The molecule has 1 aliphatic rings. The number of carbonyl (C=O) groups excluding carboxylic acids is 2. The Labute approximate surface area is 85.9 Å². The molecule has 0 aromatic heterocycles. The number of amides is 1. The monoisotopic (exact) mass is 207 g/mol. The molecule has 0 saturated carbocycles. The van der Waals surface area contributed by atoms with Gasteiger partial charge in [-0.15, -0.1) is 0 Å². The highest BCUT2D eigenvalue weighted by molar-refractivity contribution is 8.14. The lowest BCUT2D eigenvalue weighted by Gasteiger charge is -2.25. The number of nitrogens with one attached hydrogen (secondary N) is 1. The lowest BCUT2D eigenvalue weighted by molar-refractivity contribution is -0.126. The predicted octanol–water partition coefficient (Wildman–Crippen LogP) is 1.41. The van der Waals surface area contributed by atoms with Gasteiger partial charge >= 0.3 is 0 Å². The second kappa shape index (κ2) is 3.84. The van der Waals surface area contributed by atoms with Crippen LogP contribution in [0, 0.1) is 0 Å². The van der Waals surface area contributed by atoms with Crippen LogP contribution in [-0.2, 0) is 4.79 Å². The Bertz CT molecular complexity index is 356. The molecule has 0 bridgehead atoms. The molecule has 1 aromatic carbocycles. The van der Waals surface area contributed by atoms with Crippen LogP contribution >= 0.6 is 11.8 Å². The van der Waals surface area contributed by atoms with E-state index < -0.39 is 0 Å². The molecule has 0 unspecified atom stereocenters. The van der Waals surface area contributed by atoms with Crippen molar-refractivity contribution in [2.45, 2.75) is 11.8 Å².